The van der Waals surface area contributed by atoms with Gasteiger partial charge < -0.3 is 15.1 Å². The van der Waals surface area contributed by atoms with Gasteiger partial charge in [0.25, 0.3) is 5.91 Å². The van der Waals surface area contributed by atoms with E-state index >= 15 is 0 Å². The van der Waals surface area contributed by atoms with E-state index in [2.05, 4.69) is 0 Å². The van der Waals surface area contributed by atoms with Crippen molar-refractivity contribution in [1.29, 1.82) is 0 Å². The summed E-state index contributed by atoms with van der Waals surface area (Å²) in [5, 5.41) is 18.4. The fourth-order valence-electron chi connectivity index (χ4n) is 2.26. The second-order valence-electron chi connectivity index (χ2n) is 4.58. The maximum absolute atomic E-state index is 12.2. The second kappa shape index (κ2) is 5.59. The Labute approximate surface area is 111 Å². The van der Waals surface area contributed by atoms with Crippen LogP contribution in [0.1, 0.15) is 23.2 Å². The number of carbonyl (C=O) groups excluding carboxylic acids is 1. The maximum Gasteiger partial charge on any atom is 0.253 e. The predicted molar refractivity (Wildman–Crippen MR) is 68.8 cm³/mol. The Morgan fingerprint density at radius 1 is 1.50 bits per heavy atom. The number of hydrogen-bond acceptors (Lipinski definition) is 3. The molecule has 1 aromatic rings. The number of phenolic OH excluding ortho intramolecular Hbond substituents is 1. The number of aliphatic hydroxyl groups is 1. The van der Waals surface area contributed by atoms with Gasteiger partial charge in [0.2, 0.25) is 0 Å². The van der Waals surface area contributed by atoms with Crippen molar-refractivity contribution in [2.24, 2.45) is 5.92 Å². The van der Waals surface area contributed by atoms with E-state index in [0.717, 1.165) is 12.8 Å². The fraction of sp³-hybridized carbons (Fsp3) is 0.462. The minimum absolute atomic E-state index is 0.0206. The molecule has 0 aromatic heterocycles. The second-order valence-corrected chi connectivity index (χ2v) is 4.99. The first-order valence-electron chi connectivity index (χ1n) is 6.00. The number of carbonyl (C=O) groups is 1. The van der Waals surface area contributed by atoms with Gasteiger partial charge in [0.1, 0.15) is 5.75 Å². The van der Waals surface area contributed by atoms with E-state index in [1.807, 2.05) is 0 Å². The van der Waals surface area contributed by atoms with E-state index in [1.165, 1.54) is 12.1 Å². The van der Waals surface area contributed by atoms with Crippen molar-refractivity contribution in [3.8, 4) is 5.75 Å². The van der Waals surface area contributed by atoms with Gasteiger partial charge in [-0.05, 0) is 37.0 Å². The summed E-state index contributed by atoms with van der Waals surface area (Å²) in [6.07, 6.45) is 1.66. The number of halogens is 1. The fourth-order valence-corrected chi connectivity index (χ4v) is 2.44. The number of benzene rings is 1. The maximum atomic E-state index is 12.2. The first-order valence-corrected chi connectivity index (χ1v) is 6.38. The van der Waals surface area contributed by atoms with Crippen LogP contribution < -0.4 is 0 Å². The molecule has 0 aliphatic carbocycles. The van der Waals surface area contributed by atoms with Gasteiger partial charge >= 0.3 is 0 Å². The highest BCUT2D eigenvalue weighted by Crippen LogP contribution is 2.26. The molecule has 1 aliphatic rings. The number of aromatic hydroxyl groups is 1. The smallest absolute Gasteiger partial charge is 0.253 e. The number of likely N-dealkylation sites (tertiary alicyclic amines) is 1. The van der Waals surface area contributed by atoms with Gasteiger partial charge in [0, 0.05) is 25.3 Å². The zero-order valence-corrected chi connectivity index (χ0v) is 10.7. The van der Waals surface area contributed by atoms with Crippen LogP contribution in [-0.2, 0) is 0 Å². The van der Waals surface area contributed by atoms with Gasteiger partial charge in [0.15, 0.2) is 0 Å². The van der Waals surface area contributed by atoms with Crippen molar-refractivity contribution in [1.82, 2.24) is 4.90 Å². The highest BCUT2D eigenvalue weighted by molar-refractivity contribution is 6.32. The minimum atomic E-state index is -0.0719. The zero-order valence-electron chi connectivity index (χ0n) is 9.97. The van der Waals surface area contributed by atoms with Crippen molar-refractivity contribution >= 4 is 17.5 Å². The molecular formula is C13H16ClNO3. The number of aliphatic hydroxyl groups excluding tert-OH is 1. The summed E-state index contributed by atoms with van der Waals surface area (Å²) in [5.41, 5.74) is 0.488. The molecular weight excluding hydrogens is 254 g/mol. The molecule has 0 bridgehead atoms. The largest absolute Gasteiger partial charge is 0.506 e. The van der Waals surface area contributed by atoms with E-state index in [1.54, 1.807) is 11.0 Å². The average molecular weight is 270 g/mol. The molecule has 1 fully saturated rings. The highest BCUT2D eigenvalue weighted by Gasteiger charge is 2.26. The van der Waals surface area contributed by atoms with E-state index in [-0.39, 0.29) is 23.3 Å². The van der Waals surface area contributed by atoms with Gasteiger partial charge in [-0.3, -0.25) is 4.79 Å². The van der Waals surface area contributed by atoms with Gasteiger partial charge in [-0.25, -0.2) is 0 Å². The summed E-state index contributed by atoms with van der Waals surface area (Å²) in [4.78, 5) is 14.0. The Morgan fingerprint density at radius 3 is 2.94 bits per heavy atom. The summed E-state index contributed by atoms with van der Waals surface area (Å²) >= 11 is 5.79. The SMILES string of the molecule is O=C(c1ccc(O)c(Cl)c1)N1CCC(CCO)C1. The number of rotatable bonds is 3. The molecule has 1 aliphatic heterocycles. The molecule has 2 rings (SSSR count). The molecule has 0 spiro atoms. The Hall–Kier alpha value is -1.26. The summed E-state index contributed by atoms with van der Waals surface area (Å²) < 4.78 is 0. The normalized spacial score (nSPS) is 19.2. The Morgan fingerprint density at radius 2 is 2.28 bits per heavy atom. The molecule has 1 unspecified atom stereocenters. The predicted octanol–water partition coefficient (Wildman–Crippen LogP) is 1.89. The Bertz CT molecular complexity index is 450. The number of phenols is 1. The third kappa shape index (κ3) is 2.76. The van der Waals surface area contributed by atoms with Crippen LogP contribution in [0.4, 0.5) is 0 Å². The van der Waals surface area contributed by atoms with E-state index < -0.39 is 0 Å². The van der Waals surface area contributed by atoms with Crippen molar-refractivity contribution in [3.63, 3.8) is 0 Å². The lowest BCUT2D eigenvalue weighted by atomic mass is 10.1. The van der Waals surface area contributed by atoms with Crippen LogP contribution in [0, 0.1) is 5.92 Å². The van der Waals surface area contributed by atoms with Gasteiger partial charge in [0.05, 0.1) is 5.02 Å². The van der Waals surface area contributed by atoms with Crippen molar-refractivity contribution in [3.05, 3.63) is 28.8 Å². The standard InChI is InChI=1S/C13H16ClNO3/c14-11-7-10(1-2-12(11)17)13(18)15-5-3-9(8-15)4-6-16/h1-2,7,9,16-17H,3-6,8H2. The van der Waals surface area contributed by atoms with Crippen LogP contribution in [-0.4, -0.2) is 40.7 Å². The molecule has 0 saturated carbocycles. The molecule has 1 amide bonds. The van der Waals surface area contributed by atoms with Crippen molar-refractivity contribution in [2.45, 2.75) is 12.8 Å². The quantitative estimate of drug-likeness (QED) is 0.881. The molecule has 4 nitrogen and oxygen atoms in total. The topological polar surface area (TPSA) is 60.8 Å². The minimum Gasteiger partial charge on any atom is -0.506 e. The van der Waals surface area contributed by atoms with Crippen molar-refractivity contribution in [2.75, 3.05) is 19.7 Å². The lowest BCUT2D eigenvalue weighted by Gasteiger charge is -2.16. The van der Waals surface area contributed by atoms with Gasteiger partial charge in [-0.15, -0.1) is 0 Å². The van der Waals surface area contributed by atoms with E-state index in [4.69, 9.17) is 16.7 Å². The molecule has 98 valence electrons. The molecule has 5 heteroatoms. The van der Waals surface area contributed by atoms with Crippen LogP contribution in [0.2, 0.25) is 5.02 Å². The molecule has 0 radical (unpaired) electrons. The molecule has 1 heterocycles. The molecule has 18 heavy (non-hydrogen) atoms. The zero-order chi connectivity index (χ0) is 13.1. The van der Waals surface area contributed by atoms with Crippen LogP contribution in [0.25, 0.3) is 0 Å². The van der Waals surface area contributed by atoms with E-state index in [0.29, 0.717) is 24.6 Å². The first kappa shape index (κ1) is 13.2. The van der Waals surface area contributed by atoms with Crippen LogP contribution in [0.5, 0.6) is 5.75 Å². The first-order chi connectivity index (χ1) is 8.61. The third-order valence-electron chi connectivity index (χ3n) is 3.31. The van der Waals surface area contributed by atoms with Crippen LogP contribution in [0.15, 0.2) is 18.2 Å². The lowest BCUT2D eigenvalue weighted by Crippen LogP contribution is -2.28. The average Bonchev–Trinajstić information content (AvgIpc) is 2.81. The van der Waals surface area contributed by atoms with Gasteiger partial charge in [-0.2, -0.15) is 0 Å². The summed E-state index contributed by atoms with van der Waals surface area (Å²) in [6, 6.07) is 4.48. The molecule has 2 N–H and O–H groups in total. The number of hydrogen-bond donors (Lipinski definition) is 2. The monoisotopic (exact) mass is 269 g/mol. The molecule has 1 atom stereocenters. The van der Waals surface area contributed by atoms with Crippen LogP contribution in [0.3, 0.4) is 0 Å². The molecule has 1 saturated heterocycles. The summed E-state index contributed by atoms with van der Waals surface area (Å²) in [7, 11) is 0. The number of amides is 1. The lowest BCUT2D eigenvalue weighted by molar-refractivity contribution is 0.0784. The highest BCUT2D eigenvalue weighted by atomic mass is 35.5. The summed E-state index contributed by atoms with van der Waals surface area (Å²) in [6.45, 7) is 1.55. The van der Waals surface area contributed by atoms with E-state index in [9.17, 15) is 9.90 Å². The van der Waals surface area contributed by atoms with Crippen LogP contribution >= 0.6 is 11.6 Å². The third-order valence-corrected chi connectivity index (χ3v) is 3.61. The van der Waals surface area contributed by atoms with Crippen molar-refractivity contribution < 1.29 is 15.0 Å². The number of nitrogens with zero attached hydrogens (tertiary/aromatic N) is 1. The Balaban J connectivity index is 2.05. The Kier molecular flexibility index (Phi) is 4.09. The van der Waals surface area contributed by atoms with Gasteiger partial charge in [-0.1, -0.05) is 11.6 Å². The molecule has 1 aromatic carbocycles. The summed E-state index contributed by atoms with van der Waals surface area (Å²) in [5.74, 6) is 0.289.